The van der Waals surface area contributed by atoms with Crippen LogP contribution in [0.3, 0.4) is 0 Å². The molecule has 0 aliphatic heterocycles. The van der Waals surface area contributed by atoms with Crippen LogP contribution in [0, 0.1) is 12.8 Å². The van der Waals surface area contributed by atoms with Crippen LogP contribution in [-0.2, 0) is 16.0 Å². The molecule has 17 heavy (non-hydrogen) atoms. The van der Waals surface area contributed by atoms with Crippen LogP contribution in [0.4, 0.5) is 0 Å². The smallest absolute Gasteiger partial charge is 0.333 e. The van der Waals surface area contributed by atoms with Gasteiger partial charge in [0.05, 0.1) is 6.61 Å². The van der Waals surface area contributed by atoms with Crippen molar-refractivity contribution in [1.82, 2.24) is 0 Å². The van der Waals surface area contributed by atoms with Gasteiger partial charge in [0.15, 0.2) is 6.10 Å². The largest absolute Gasteiger partial charge is 0.479 e. The van der Waals surface area contributed by atoms with E-state index in [1.165, 1.54) is 0 Å². The molecule has 0 aromatic heterocycles. The van der Waals surface area contributed by atoms with Gasteiger partial charge in [-0.05, 0) is 24.0 Å². The predicted octanol–water partition coefficient (Wildman–Crippen LogP) is 2.66. The summed E-state index contributed by atoms with van der Waals surface area (Å²) in [5.74, 6) is -0.553. The number of rotatable bonds is 6. The highest BCUT2D eigenvalue weighted by Gasteiger charge is 2.19. The van der Waals surface area contributed by atoms with Gasteiger partial charge in [0, 0.05) is 6.42 Å². The first-order valence-corrected chi connectivity index (χ1v) is 5.89. The maximum Gasteiger partial charge on any atom is 0.333 e. The molecule has 1 atom stereocenters. The molecule has 0 amide bonds. The summed E-state index contributed by atoms with van der Waals surface area (Å²) < 4.78 is 5.42. The lowest BCUT2D eigenvalue weighted by Crippen LogP contribution is -2.28. The molecule has 0 fully saturated rings. The van der Waals surface area contributed by atoms with Gasteiger partial charge in [-0.15, -0.1) is 0 Å². The van der Waals surface area contributed by atoms with Gasteiger partial charge in [0.25, 0.3) is 0 Å². The number of aliphatic carboxylic acids is 1. The van der Waals surface area contributed by atoms with Crippen molar-refractivity contribution in [3.63, 3.8) is 0 Å². The van der Waals surface area contributed by atoms with Gasteiger partial charge in [-0.25, -0.2) is 4.79 Å². The third-order valence-corrected chi connectivity index (χ3v) is 2.57. The van der Waals surface area contributed by atoms with E-state index in [4.69, 9.17) is 9.84 Å². The van der Waals surface area contributed by atoms with Crippen LogP contribution in [0.2, 0.25) is 0 Å². The van der Waals surface area contributed by atoms with E-state index in [0.29, 0.717) is 18.9 Å². The molecule has 0 heterocycles. The second-order valence-electron chi connectivity index (χ2n) is 4.68. The van der Waals surface area contributed by atoms with Crippen molar-refractivity contribution in [3.8, 4) is 0 Å². The van der Waals surface area contributed by atoms with E-state index < -0.39 is 12.1 Å². The zero-order valence-electron chi connectivity index (χ0n) is 10.6. The molecule has 1 rings (SSSR count). The van der Waals surface area contributed by atoms with Crippen LogP contribution < -0.4 is 0 Å². The quantitative estimate of drug-likeness (QED) is 0.826. The Bertz CT molecular complexity index is 371. The summed E-state index contributed by atoms with van der Waals surface area (Å²) >= 11 is 0. The molecule has 1 aromatic carbocycles. The Kier molecular flexibility index (Phi) is 5.16. The van der Waals surface area contributed by atoms with E-state index in [9.17, 15) is 4.79 Å². The van der Waals surface area contributed by atoms with E-state index in [2.05, 4.69) is 0 Å². The number of hydrogen-bond donors (Lipinski definition) is 1. The van der Waals surface area contributed by atoms with Crippen LogP contribution >= 0.6 is 0 Å². The van der Waals surface area contributed by atoms with E-state index in [1.54, 1.807) is 0 Å². The molecule has 0 aliphatic carbocycles. The Labute approximate surface area is 102 Å². The summed E-state index contributed by atoms with van der Waals surface area (Å²) in [6.45, 7) is 6.47. The molecule has 1 N–H and O–H groups in total. The highest BCUT2D eigenvalue weighted by Crippen LogP contribution is 2.12. The Morgan fingerprint density at radius 2 is 2.00 bits per heavy atom. The molecule has 0 aliphatic rings. The van der Waals surface area contributed by atoms with E-state index in [1.807, 2.05) is 45.0 Å². The first-order chi connectivity index (χ1) is 8.00. The van der Waals surface area contributed by atoms with Crippen LogP contribution in [0.25, 0.3) is 0 Å². The number of aryl methyl sites for hydroxylation is 1. The fourth-order valence-electron chi connectivity index (χ4n) is 1.56. The fraction of sp³-hybridized carbons (Fsp3) is 0.500. The zero-order valence-corrected chi connectivity index (χ0v) is 10.6. The molecule has 94 valence electrons. The molecule has 0 saturated carbocycles. The number of benzene rings is 1. The van der Waals surface area contributed by atoms with E-state index >= 15 is 0 Å². The second kappa shape index (κ2) is 6.40. The predicted molar refractivity (Wildman–Crippen MR) is 67.1 cm³/mol. The number of carbonyl (C=O) groups is 1. The summed E-state index contributed by atoms with van der Waals surface area (Å²) in [4.78, 5) is 11.1. The van der Waals surface area contributed by atoms with Gasteiger partial charge < -0.3 is 9.84 Å². The Morgan fingerprint density at radius 1 is 1.35 bits per heavy atom. The fourth-order valence-corrected chi connectivity index (χ4v) is 1.56. The van der Waals surface area contributed by atoms with Crippen LogP contribution in [0.1, 0.15) is 25.0 Å². The molecular weight excluding hydrogens is 216 g/mol. The number of hydrogen-bond acceptors (Lipinski definition) is 2. The average Bonchev–Trinajstić information content (AvgIpc) is 2.25. The molecule has 0 saturated heterocycles. The van der Waals surface area contributed by atoms with Crippen LogP contribution in [-0.4, -0.2) is 23.8 Å². The Balaban J connectivity index is 2.67. The normalized spacial score (nSPS) is 12.7. The minimum Gasteiger partial charge on any atom is -0.479 e. The minimum atomic E-state index is -0.895. The van der Waals surface area contributed by atoms with Crippen molar-refractivity contribution >= 4 is 5.97 Å². The van der Waals surface area contributed by atoms with Crippen molar-refractivity contribution in [1.29, 1.82) is 0 Å². The number of carboxylic acids is 1. The van der Waals surface area contributed by atoms with Gasteiger partial charge >= 0.3 is 5.97 Å². The van der Waals surface area contributed by atoms with Crippen LogP contribution in [0.5, 0.6) is 0 Å². The summed E-state index contributed by atoms with van der Waals surface area (Å²) in [5, 5.41) is 9.11. The maximum absolute atomic E-state index is 11.1. The third-order valence-electron chi connectivity index (χ3n) is 2.57. The third kappa shape index (κ3) is 4.57. The second-order valence-corrected chi connectivity index (χ2v) is 4.68. The molecule has 0 unspecified atom stereocenters. The van der Waals surface area contributed by atoms with Crippen molar-refractivity contribution in [3.05, 3.63) is 35.4 Å². The Morgan fingerprint density at radius 3 is 2.53 bits per heavy atom. The van der Waals surface area contributed by atoms with Crippen molar-refractivity contribution in [2.45, 2.75) is 33.3 Å². The molecule has 3 heteroatoms. The summed E-state index contributed by atoms with van der Waals surface area (Å²) in [6.07, 6.45) is -0.326. The zero-order chi connectivity index (χ0) is 12.8. The maximum atomic E-state index is 11.1. The van der Waals surface area contributed by atoms with Gasteiger partial charge in [0.1, 0.15) is 0 Å². The van der Waals surface area contributed by atoms with Crippen LogP contribution in [0.15, 0.2) is 24.3 Å². The molecule has 3 nitrogen and oxygen atoms in total. The first kappa shape index (κ1) is 13.7. The van der Waals surface area contributed by atoms with Gasteiger partial charge in [0.2, 0.25) is 0 Å². The highest BCUT2D eigenvalue weighted by molar-refractivity contribution is 5.72. The number of carboxylic acid groups (broad SMARTS) is 1. The monoisotopic (exact) mass is 236 g/mol. The first-order valence-electron chi connectivity index (χ1n) is 5.89. The highest BCUT2D eigenvalue weighted by atomic mass is 16.5. The minimum absolute atomic E-state index is 0.341. The molecule has 0 bridgehead atoms. The van der Waals surface area contributed by atoms with Gasteiger partial charge in [-0.3, -0.25) is 0 Å². The molecular formula is C14H20O3. The Hall–Kier alpha value is -1.35. The van der Waals surface area contributed by atoms with Crippen molar-refractivity contribution in [2.24, 2.45) is 5.92 Å². The van der Waals surface area contributed by atoms with Gasteiger partial charge in [-0.1, -0.05) is 38.1 Å². The van der Waals surface area contributed by atoms with E-state index in [-0.39, 0.29) is 0 Å². The standard InChI is InChI=1S/C14H20O3/c1-10(2)9-17-13(14(15)16)8-12-7-5-4-6-11(12)3/h4-7,10,13H,8-9H2,1-3H3,(H,15,16)/t13-/m1/s1. The lowest BCUT2D eigenvalue weighted by molar-refractivity contribution is -0.150. The van der Waals surface area contributed by atoms with E-state index in [0.717, 1.165) is 11.1 Å². The summed E-state index contributed by atoms with van der Waals surface area (Å²) in [6, 6.07) is 7.80. The topological polar surface area (TPSA) is 46.5 Å². The lowest BCUT2D eigenvalue weighted by atomic mass is 10.0. The molecule has 0 spiro atoms. The average molecular weight is 236 g/mol. The van der Waals surface area contributed by atoms with Crippen molar-refractivity contribution in [2.75, 3.05) is 6.61 Å². The molecule has 1 aromatic rings. The lowest BCUT2D eigenvalue weighted by Gasteiger charge is -2.16. The molecule has 0 radical (unpaired) electrons. The van der Waals surface area contributed by atoms with Crippen molar-refractivity contribution < 1.29 is 14.6 Å². The van der Waals surface area contributed by atoms with Gasteiger partial charge in [-0.2, -0.15) is 0 Å². The summed E-state index contributed by atoms with van der Waals surface area (Å²) in [5.41, 5.74) is 2.13. The summed E-state index contributed by atoms with van der Waals surface area (Å²) in [7, 11) is 0. The SMILES string of the molecule is Cc1ccccc1C[C@@H](OCC(C)C)C(=O)O. The number of ether oxygens (including phenoxy) is 1.